The number of carbonyl (C=O) groups is 1. The van der Waals surface area contributed by atoms with Crippen LogP contribution in [0.4, 0.5) is 5.82 Å². The monoisotopic (exact) mass is 240 g/mol. The zero-order chi connectivity index (χ0) is 12.1. The number of hydrogen-bond acceptors (Lipinski definition) is 3. The minimum absolute atomic E-state index is 0.0522. The molecule has 0 aliphatic heterocycles. The number of aromatic nitrogens is 1. The fourth-order valence-electron chi connectivity index (χ4n) is 1.06. The van der Waals surface area contributed by atoms with Crippen molar-refractivity contribution in [1.29, 1.82) is 0 Å². The van der Waals surface area contributed by atoms with Crippen molar-refractivity contribution in [3.05, 3.63) is 34.5 Å². The minimum atomic E-state index is -1.06. The topological polar surface area (TPSA) is 62.2 Å². The van der Waals surface area contributed by atoms with Crippen molar-refractivity contribution in [3.63, 3.8) is 0 Å². The molecule has 0 aliphatic carbocycles. The first-order valence-corrected chi connectivity index (χ1v) is 5.14. The van der Waals surface area contributed by atoms with Gasteiger partial charge in [-0.25, -0.2) is 9.78 Å². The molecular formula is C11H13ClN2O2. The normalized spacial score (nSPS) is 9.69. The molecule has 0 bridgehead atoms. The molecule has 1 rings (SSSR count). The molecule has 0 atom stereocenters. The Kier molecular flexibility index (Phi) is 4.31. The van der Waals surface area contributed by atoms with Gasteiger partial charge in [0.2, 0.25) is 0 Å². The Morgan fingerprint density at radius 2 is 2.31 bits per heavy atom. The van der Waals surface area contributed by atoms with Gasteiger partial charge in [0, 0.05) is 12.7 Å². The number of halogens is 1. The van der Waals surface area contributed by atoms with Crippen LogP contribution in [0.2, 0.25) is 5.02 Å². The third kappa shape index (κ3) is 3.55. The second-order valence-corrected chi connectivity index (χ2v) is 3.92. The summed E-state index contributed by atoms with van der Waals surface area (Å²) in [6, 6.07) is 1.42. The Balaban J connectivity index is 2.79. The highest BCUT2D eigenvalue weighted by Gasteiger charge is 2.09. The molecule has 0 unspecified atom stereocenters. The van der Waals surface area contributed by atoms with Crippen LogP contribution in [0.1, 0.15) is 24.2 Å². The van der Waals surface area contributed by atoms with Gasteiger partial charge in [-0.1, -0.05) is 23.3 Å². The van der Waals surface area contributed by atoms with Crippen LogP contribution in [-0.4, -0.2) is 22.6 Å². The number of allylic oxidation sites excluding steroid dienone is 1. The molecule has 0 aromatic carbocycles. The SMILES string of the molecule is CC(C)=CCNc1cc(C(=O)O)c(Cl)cn1. The van der Waals surface area contributed by atoms with E-state index in [0.717, 1.165) is 0 Å². The molecule has 86 valence electrons. The molecule has 2 N–H and O–H groups in total. The summed E-state index contributed by atoms with van der Waals surface area (Å²) in [5.41, 5.74) is 1.23. The molecule has 1 aromatic rings. The number of nitrogens with one attached hydrogen (secondary N) is 1. The lowest BCUT2D eigenvalue weighted by molar-refractivity contribution is 0.0697. The van der Waals surface area contributed by atoms with Gasteiger partial charge in [0.15, 0.2) is 0 Å². The van der Waals surface area contributed by atoms with Gasteiger partial charge in [0.25, 0.3) is 0 Å². The van der Waals surface area contributed by atoms with Crippen molar-refractivity contribution in [2.24, 2.45) is 0 Å². The zero-order valence-electron chi connectivity index (χ0n) is 9.12. The van der Waals surface area contributed by atoms with Crippen molar-refractivity contribution < 1.29 is 9.90 Å². The van der Waals surface area contributed by atoms with E-state index >= 15 is 0 Å². The number of nitrogens with zero attached hydrogens (tertiary/aromatic N) is 1. The molecule has 0 amide bonds. The predicted molar refractivity (Wildman–Crippen MR) is 64.1 cm³/mol. The molecule has 1 aromatic heterocycles. The second kappa shape index (κ2) is 5.51. The number of hydrogen-bond donors (Lipinski definition) is 2. The number of pyridine rings is 1. The molecule has 0 spiro atoms. The number of carboxylic acid groups (broad SMARTS) is 1. The molecule has 1 heterocycles. The van der Waals surface area contributed by atoms with Gasteiger partial charge in [0.1, 0.15) is 5.82 Å². The van der Waals surface area contributed by atoms with Crippen molar-refractivity contribution >= 4 is 23.4 Å². The quantitative estimate of drug-likeness (QED) is 0.795. The Morgan fingerprint density at radius 3 is 2.88 bits per heavy atom. The first-order valence-electron chi connectivity index (χ1n) is 4.77. The van der Waals surface area contributed by atoms with Crippen LogP contribution >= 0.6 is 11.6 Å². The average Bonchev–Trinajstić information content (AvgIpc) is 2.19. The maximum atomic E-state index is 10.8. The van der Waals surface area contributed by atoms with Gasteiger partial charge in [-0.2, -0.15) is 0 Å². The van der Waals surface area contributed by atoms with Crippen molar-refractivity contribution in [2.75, 3.05) is 11.9 Å². The second-order valence-electron chi connectivity index (χ2n) is 3.52. The lowest BCUT2D eigenvalue weighted by Gasteiger charge is -2.05. The van der Waals surface area contributed by atoms with Crippen LogP contribution < -0.4 is 5.32 Å². The summed E-state index contributed by atoms with van der Waals surface area (Å²) in [5, 5.41) is 12.0. The molecule has 0 saturated carbocycles. The molecule has 4 nitrogen and oxygen atoms in total. The molecule has 16 heavy (non-hydrogen) atoms. The largest absolute Gasteiger partial charge is 0.478 e. The van der Waals surface area contributed by atoms with E-state index in [2.05, 4.69) is 10.3 Å². The Hall–Kier alpha value is -1.55. The Bertz CT molecular complexity index is 426. The van der Waals surface area contributed by atoms with Crippen LogP contribution in [0.25, 0.3) is 0 Å². The van der Waals surface area contributed by atoms with E-state index in [4.69, 9.17) is 16.7 Å². The number of carboxylic acids is 1. The maximum absolute atomic E-state index is 10.8. The van der Waals surface area contributed by atoms with Crippen LogP contribution in [0.5, 0.6) is 0 Å². The fraction of sp³-hybridized carbons (Fsp3) is 0.273. The Labute approximate surface area is 99.0 Å². The molecule has 0 radical (unpaired) electrons. The third-order valence-corrected chi connectivity index (χ3v) is 2.18. The van der Waals surface area contributed by atoms with Crippen molar-refractivity contribution in [2.45, 2.75) is 13.8 Å². The third-order valence-electron chi connectivity index (χ3n) is 1.88. The highest BCUT2D eigenvalue weighted by molar-refractivity contribution is 6.33. The predicted octanol–water partition coefficient (Wildman–Crippen LogP) is 2.81. The smallest absolute Gasteiger partial charge is 0.337 e. The number of aromatic carboxylic acids is 1. The van der Waals surface area contributed by atoms with E-state index in [1.165, 1.54) is 17.8 Å². The summed E-state index contributed by atoms with van der Waals surface area (Å²) in [5.74, 6) is -0.558. The zero-order valence-corrected chi connectivity index (χ0v) is 9.88. The summed E-state index contributed by atoms with van der Waals surface area (Å²) in [6.45, 7) is 4.58. The number of anilines is 1. The number of rotatable bonds is 4. The van der Waals surface area contributed by atoms with E-state index in [1.807, 2.05) is 19.9 Å². The molecule has 0 saturated heterocycles. The van der Waals surface area contributed by atoms with Gasteiger partial charge < -0.3 is 10.4 Å². The van der Waals surface area contributed by atoms with E-state index < -0.39 is 5.97 Å². The van der Waals surface area contributed by atoms with E-state index in [9.17, 15) is 4.79 Å². The molecule has 0 fully saturated rings. The summed E-state index contributed by atoms with van der Waals surface area (Å²) in [4.78, 5) is 14.8. The van der Waals surface area contributed by atoms with Gasteiger partial charge in [-0.15, -0.1) is 0 Å². The summed E-state index contributed by atoms with van der Waals surface area (Å²) < 4.78 is 0. The summed E-state index contributed by atoms with van der Waals surface area (Å²) >= 11 is 5.69. The molecule has 5 heteroatoms. The lowest BCUT2D eigenvalue weighted by Crippen LogP contribution is -2.04. The van der Waals surface area contributed by atoms with E-state index in [0.29, 0.717) is 12.4 Å². The first kappa shape index (κ1) is 12.5. The fourth-order valence-corrected chi connectivity index (χ4v) is 1.24. The summed E-state index contributed by atoms with van der Waals surface area (Å²) in [7, 11) is 0. The van der Waals surface area contributed by atoms with Crippen LogP contribution in [0.3, 0.4) is 0 Å². The molecular weight excluding hydrogens is 228 g/mol. The average molecular weight is 241 g/mol. The van der Waals surface area contributed by atoms with Gasteiger partial charge in [-0.05, 0) is 19.9 Å². The standard InChI is InChI=1S/C11H13ClN2O2/c1-7(2)3-4-13-10-5-8(11(15)16)9(12)6-14-10/h3,5-6H,4H2,1-2H3,(H,13,14)(H,15,16). The van der Waals surface area contributed by atoms with Gasteiger partial charge in [0.05, 0.1) is 10.6 Å². The van der Waals surface area contributed by atoms with Crippen LogP contribution in [0, 0.1) is 0 Å². The van der Waals surface area contributed by atoms with Crippen molar-refractivity contribution in [1.82, 2.24) is 4.98 Å². The minimum Gasteiger partial charge on any atom is -0.478 e. The maximum Gasteiger partial charge on any atom is 0.337 e. The Morgan fingerprint density at radius 1 is 1.62 bits per heavy atom. The highest BCUT2D eigenvalue weighted by atomic mass is 35.5. The first-order chi connectivity index (χ1) is 7.50. The highest BCUT2D eigenvalue weighted by Crippen LogP contribution is 2.17. The summed E-state index contributed by atoms with van der Waals surface area (Å²) in [6.07, 6.45) is 3.31. The van der Waals surface area contributed by atoms with E-state index in [1.54, 1.807) is 0 Å². The van der Waals surface area contributed by atoms with Crippen molar-refractivity contribution in [3.8, 4) is 0 Å². The van der Waals surface area contributed by atoms with E-state index in [-0.39, 0.29) is 10.6 Å². The van der Waals surface area contributed by atoms with Gasteiger partial charge in [-0.3, -0.25) is 0 Å². The van der Waals surface area contributed by atoms with Gasteiger partial charge >= 0.3 is 5.97 Å². The van der Waals surface area contributed by atoms with Crippen LogP contribution in [0.15, 0.2) is 23.9 Å². The molecule has 0 aliphatic rings. The lowest BCUT2D eigenvalue weighted by atomic mass is 10.2. The van der Waals surface area contributed by atoms with Crippen LogP contribution in [-0.2, 0) is 0 Å².